The summed E-state index contributed by atoms with van der Waals surface area (Å²) >= 11 is 1.49. The number of amides is 1. The molecule has 0 spiro atoms. The van der Waals surface area contributed by atoms with Crippen molar-refractivity contribution in [1.82, 2.24) is 20.1 Å². The van der Waals surface area contributed by atoms with Gasteiger partial charge in [-0.05, 0) is 41.5 Å². The van der Waals surface area contributed by atoms with Crippen LogP contribution >= 0.6 is 11.8 Å². The number of hydrogen-bond acceptors (Lipinski definition) is 5. The Morgan fingerprint density at radius 1 is 1.10 bits per heavy atom. The molecular formula is C22H26N4O2S. The topological polar surface area (TPSA) is 69.0 Å². The van der Waals surface area contributed by atoms with E-state index < -0.39 is 0 Å². The lowest BCUT2D eigenvalue weighted by molar-refractivity contribution is 0.0949. The van der Waals surface area contributed by atoms with Crippen LogP contribution in [0.5, 0.6) is 5.75 Å². The van der Waals surface area contributed by atoms with E-state index in [0.29, 0.717) is 17.1 Å². The zero-order valence-electron chi connectivity index (χ0n) is 17.4. The molecule has 2 aromatic carbocycles. The zero-order valence-corrected chi connectivity index (χ0v) is 18.2. The summed E-state index contributed by atoms with van der Waals surface area (Å²) in [6.45, 7) is 6.70. The fourth-order valence-corrected chi connectivity index (χ4v) is 3.50. The summed E-state index contributed by atoms with van der Waals surface area (Å²) in [5.74, 6) is 1.21. The lowest BCUT2D eigenvalue weighted by Gasteiger charge is -2.19. The molecule has 6 nitrogen and oxygen atoms in total. The molecule has 29 heavy (non-hydrogen) atoms. The number of hydrogen-bond donors (Lipinski definition) is 1. The second-order valence-corrected chi connectivity index (χ2v) is 8.39. The number of benzene rings is 2. The number of nitrogens with zero attached hydrogens (tertiary/aromatic N) is 3. The number of methoxy groups -OCH3 is 1. The molecule has 0 bridgehead atoms. The number of rotatable bonds is 6. The number of carbonyl (C=O) groups excluding carboxylic acids is 1. The molecule has 0 atom stereocenters. The van der Waals surface area contributed by atoms with Crippen molar-refractivity contribution in [2.24, 2.45) is 0 Å². The highest BCUT2D eigenvalue weighted by Gasteiger charge is 2.18. The van der Waals surface area contributed by atoms with Gasteiger partial charge in [-0.25, -0.2) is 0 Å². The molecule has 1 N–H and O–H groups in total. The molecule has 1 amide bonds. The van der Waals surface area contributed by atoms with Crippen molar-refractivity contribution in [2.45, 2.75) is 37.9 Å². The van der Waals surface area contributed by atoms with Crippen molar-refractivity contribution in [3.8, 4) is 11.4 Å². The Kier molecular flexibility index (Phi) is 6.27. The second kappa shape index (κ2) is 8.69. The van der Waals surface area contributed by atoms with Crippen molar-refractivity contribution in [3.63, 3.8) is 0 Å². The van der Waals surface area contributed by atoms with Crippen LogP contribution in [-0.2, 0) is 12.0 Å². The number of nitrogens with one attached hydrogen (secondary N) is 1. The molecule has 3 aromatic rings. The first-order chi connectivity index (χ1) is 13.8. The Morgan fingerprint density at radius 3 is 2.41 bits per heavy atom. The summed E-state index contributed by atoms with van der Waals surface area (Å²) in [6.07, 6.45) is 1.94. The third kappa shape index (κ3) is 4.62. The third-order valence-electron chi connectivity index (χ3n) is 4.63. The van der Waals surface area contributed by atoms with Gasteiger partial charge in [-0.1, -0.05) is 56.8 Å². The quantitative estimate of drug-likeness (QED) is 0.616. The van der Waals surface area contributed by atoms with Crippen LogP contribution in [0.3, 0.4) is 0 Å². The van der Waals surface area contributed by atoms with Crippen molar-refractivity contribution in [1.29, 1.82) is 0 Å². The predicted octanol–water partition coefficient (Wildman–Crippen LogP) is 4.23. The standard InChI is InChI=1S/C22H26N4O2S/c1-22(2,3)16-12-10-15(11-13-16)20(27)23-14-19-24-25-21(29-5)26(19)17-8-6-7-9-18(17)28-4/h6-13H,14H2,1-5H3,(H,23,27). The van der Waals surface area contributed by atoms with Gasteiger partial charge < -0.3 is 10.1 Å². The number of carbonyl (C=O) groups is 1. The molecule has 1 aromatic heterocycles. The normalized spacial score (nSPS) is 11.3. The van der Waals surface area contributed by atoms with Crippen molar-refractivity contribution >= 4 is 17.7 Å². The van der Waals surface area contributed by atoms with Gasteiger partial charge in [0, 0.05) is 5.56 Å². The number of ether oxygens (including phenoxy) is 1. The first-order valence-corrected chi connectivity index (χ1v) is 10.6. The van der Waals surface area contributed by atoms with E-state index in [0.717, 1.165) is 10.8 Å². The van der Waals surface area contributed by atoms with Crippen molar-refractivity contribution < 1.29 is 9.53 Å². The Bertz CT molecular complexity index is 991. The smallest absolute Gasteiger partial charge is 0.251 e. The van der Waals surface area contributed by atoms with Crippen LogP contribution in [0.25, 0.3) is 5.69 Å². The van der Waals surface area contributed by atoms with Crippen LogP contribution in [0.1, 0.15) is 42.5 Å². The largest absolute Gasteiger partial charge is 0.495 e. The minimum Gasteiger partial charge on any atom is -0.495 e. The van der Waals surface area contributed by atoms with Gasteiger partial charge in [-0.3, -0.25) is 9.36 Å². The average Bonchev–Trinajstić information content (AvgIpc) is 3.14. The second-order valence-electron chi connectivity index (χ2n) is 7.62. The average molecular weight is 411 g/mol. The van der Waals surface area contributed by atoms with Gasteiger partial charge in [-0.15, -0.1) is 10.2 Å². The number of para-hydroxylation sites is 2. The molecule has 0 saturated carbocycles. The summed E-state index contributed by atoms with van der Waals surface area (Å²) in [4.78, 5) is 12.6. The number of aromatic nitrogens is 3. The Hall–Kier alpha value is -2.80. The van der Waals surface area contributed by atoms with E-state index in [9.17, 15) is 4.79 Å². The monoisotopic (exact) mass is 410 g/mol. The van der Waals surface area contributed by atoms with E-state index in [1.165, 1.54) is 17.3 Å². The van der Waals surface area contributed by atoms with Gasteiger partial charge in [0.1, 0.15) is 5.75 Å². The summed E-state index contributed by atoms with van der Waals surface area (Å²) in [5, 5.41) is 12.2. The minimum atomic E-state index is -0.147. The predicted molar refractivity (Wildman–Crippen MR) is 116 cm³/mol. The van der Waals surface area contributed by atoms with E-state index in [1.807, 2.05) is 59.4 Å². The maximum Gasteiger partial charge on any atom is 0.251 e. The summed E-state index contributed by atoms with van der Waals surface area (Å²) in [5.41, 5.74) is 2.69. The van der Waals surface area contributed by atoms with Gasteiger partial charge in [0.05, 0.1) is 19.3 Å². The lowest BCUT2D eigenvalue weighted by Crippen LogP contribution is -2.25. The highest BCUT2D eigenvalue weighted by Crippen LogP contribution is 2.27. The zero-order chi connectivity index (χ0) is 21.0. The summed E-state index contributed by atoms with van der Waals surface area (Å²) in [6, 6.07) is 15.4. The molecule has 0 unspecified atom stereocenters. The van der Waals surface area contributed by atoms with Crippen LogP contribution < -0.4 is 10.1 Å². The van der Waals surface area contributed by atoms with Crippen LogP contribution in [0, 0.1) is 0 Å². The highest BCUT2D eigenvalue weighted by atomic mass is 32.2. The lowest BCUT2D eigenvalue weighted by atomic mass is 9.87. The molecule has 0 fully saturated rings. The summed E-state index contributed by atoms with van der Waals surface area (Å²) in [7, 11) is 1.63. The molecule has 152 valence electrons. The Balaban J connectivity index is 1.81. The van der Waals surface area contributed by atoms with E-state index in [4.69, 9.17) is 4.74 Å². The summed E-state index contributed by atoms with van der Waals surface area (Å²) < 4.78 is 7.39. The van der Waals surface area contributed by atoms with Gasteiger partial charge in [0.15, 0.2) is 11.0 Å². The fourth-order valence-electron chi connectivity index (χ4n) is 2.99. The van der Waals surface area contributed by atoms with E-state index in [-0.39, 0.29) is 17.9 Å². The maximum atomic E-state index is 12.6. The molecule has 0 saturated heterocycles. The molecular weight excluding hydrogens is 384 g/mol. The highest BCUT2D eigenvalue weighted by molar-refractivity contribution is 7.98. The van der Waals surface area contributed by atoms with Gasteiger partial charge in [0.25, 0.3) is 5.91 Å². The molecule has 0 aliphatic heterocycles. The van der Waals surface area contributed by atoms with Crippen LogP contribution in [-0.4, -0.2) is 34.0 Å². The molecule has 0 aliphatic rings. The fraction of sp³-hybridized carbons (Fsp3) is 0.318. The van der Waals surface area contributed by atoms with E-state index >= 15 is 0 Å². The van der Waals surface area contributed by atoms with E-state index in [1.54, 1.807) is 7.11 Å². The van der Waals surface area contributed by atoms with Gasteiger partial charge >= 0.3 is 0 Å². The van der Waals surface area contributed by atoms with Gasteiger partial charge in [-0.2, -0.15) is 0 Å². The SMILES string of the molecule is COc1ccccc1-n1c(CNC(=O)c2ccc(C(C)(C)C)cc2)nnc1SC. The van der Waals surface area contributed by atoms with Crippen LogP contribution in [0.15, 0.2) is 53.7 Å². The third-order valence-corrected chi connectivity index (χ3v) is 5.26. The molecule has 7 heteroatoms. The first kappa shape index (κ1) is 20.9. The number of thioether (sulfide) groups is 1. The van der Waals surface area contributed by atoms with Crippen molar-refractivity contribution in [2.75, 3.05) is 13.4 Å². The van der Waals surface area contributed by atoms with Crippen LogP contribution in [0.4, 0.5) is 0 Å². The van der Waals surface area contributed by atoms with Crippen molar-refractivity contribution in [3.05, 3.63) is 65.5 Å². The Morgan fingerprint density at radius 2 is 1.79 bits per heavy atom. The molecule has 0 aliphatic carbocycles. The Labute approximate surface area is 175 Å². The van der Waals surface area contributed by atoms with E-state index in [2.05, 4.69) is 36.3 Å². The molecule has 0 radical (unpaired) electrons. The maximum absolute atomic E-state index is 12.6. The molecule has 1 heterocycles. The molecule has 3 rings (SSSR count). The minimum absolute atomic E-state index is 0.0500. The first-order valence-electron chi connectivity index (χ1n) is 9.35. The van der Waals surface area contributed by atoms with Crippen LogP contribution in [0.2, 0.25) is 0 Å². The van der Waals surface area contributed by atoms with Gasteiger partial charge in [0.2, 0.25) is 0 Å².